The first kappa shape index (κ1) is 38.7. The monoisotopic (exact) mass is 851 g/mol. The smallest absolute Gasteiger partial charge is 0.126 e. The molecule has 0 atom stereocenters. The average Bonchev–Trinajstić information content (AvgIpc) is 3.88. The summed E-state index contributed by atoms with van der Waals surface area (Å²) in [6.07, 6.45) is 0. The topological polar surface area (TPSA) is 59.4 Å². The van der Waals surface area contributed by atoms with Gasteiger partial charge in [0.25, 0.3) is 0 Å². The minimum Gasteiger partial charge on any atom is -0.308 e. The largest absolute Gasteiger partial charge is 0.308 e. The number of para-hydroxylation sites is 2. The average molecular weight is 852 g/mol. The van der Waals surface area contributed by atoms with Crippen molar-refractivity contribution in [3.63, 3.8) is 0 Å². The molecule has 7 heteroatoms. The van der Waals surface area contributed by atoms with Gasteiger partial charge in [0.15, 0.2) is 0 Å². The van der Waals surface area contributed by atoms with Crippen LogP contribution in [0.15, 0.2) is 212 Å². The summed E-state index contributed by atoms with van der Waals surface area (Å²) in [6, 6.07) is 71.0. The normalized spacial score (nSPS) is 11.5. The number of nitrogens with zero attached hydrogens (tertiary/aromatic N) is 5. The lowest BCUT2D eigenvalue weighted by Gasteiger charge is -2.20. The van der Waals surface area contributed by atoms with E-state index in [9.17, 15) is 5.26 Å². The highest BCUT2D eigenvalue weighted by molar-refractivity contribution is 6.13. The summed E-state index contributed by atoms with van der Waals surface area (Å²) in [7, 11) is 0. The van der Waals surface area contributed by atoms with Crippen molar-refractivity contribution in [3.05, 3.63) is 230 Å². The van der Waals surface area contributed by atoms with Gasteiger partial charge in [-0.3, -0.25) is 0 Å². The van der Waals surface area contributed by atoms with Crippen LogP contribution in [-0.2, 0) is 0 Å². The Morgan fingerprint density at radius 1 is 0.364 bits per heavy atom. The summed E-state index contributed by atoms with van der Waals surface area (Å²) in [5.41, 5.74) is 13.1. The van der Waals surface area contributed by atoms with E-state index in [2.05, 4.69) is 69.8 Å². The third-order valence-corrected chi connectivity index (χ3v) is 12.5. The number of aromatic nitrogens is 4. The summed E-state index contributed by atoms with van der Waals surface area (Å²) >= 11 is 0. The van der Waals surface area contributed by atoms with Crippen LogP contribution in [0.25, 0.3) is 111 Å². The first-order chi connectivity index (χ1) is 32.5. The quantitative estimate of drug-likeness (QED) is 0.160. The van der Waals surface area contributed by atoms with Crippen LogP contribution in [0.3, 0.4) is 0 Å². The molecular weight excluding hydrogens is 817 g/mol. The van der Waals surface area contributed by atoms with Crippen LogP contribution in [0.1, 0.15) is 5.56 Å². The van der Waals surface area contributed by atoms with E-state index in [4.69, 9.17) is 9.97 Å². The van der Waals surface area contributed by atoms with Crippen molar-refractivity contribution in [3.8, 4) is 73.6 Å². The molecule has 0 bridgehead atoms. The maximum Gasteiger partial charge on any atom is 0.126 e. The number of nitriles is 1. The fraction of sp³-hybridized carbons (Fsp3) is 0. The van der Waals surface area contributed by atoms with Gasteiger partial charge >= 0.3 is 0 Å². The summed E-state index contributed by atoms with van der Waals surface area (Å²) in [6.45, 7) is 0. The lowest BCUT2D eigenvalue weighted by Crippen LogP contribution is -2.06. The zero-order valence-electron chi connectivity index (χ0n) is 35.2. The molecule has 0 amide bonds. The van der Waals surface area contributed by atoms with Crippen molar-refractivity contribution in [1.29, 1.82) is 5.26 Å². The van der Waals surface area contributed by atoms with Gasteiger partial charge in [-0.15, -0.1) is 0 Å². The molecule has 310 valence electrons. The van der Waals surface area contributed by atoms with Crippen LogP contribution in [0.4, 0.5) is 8.78 Å². The second kappa shape index (κ2) is 15.7. The first-order valence-corrected chi connectivity index (χ1v) is 21.7. The molecule has 0 spiro atoms. The van der Waals surface area contributed by atoms with Gasteiger partial charge in [-0.25, -0.2) is 18.7 Å². The number of benzene rings is 8. The van der Waals surface area contributed by atoms with Gasteiger partial charge in [0.05, 0.1) is 56.2 Å². The second-order valence-electron chi connectivity index (χ2n) is 16.3. The fourth-order valence-corrected chi connectivity index (χ4v) is 9.55. The molecule has 8 aromatic carbocycles. The maximum absolute atomic E-state index is 15.2. The van der Waals surface area contributed by atoms with E-state index in [1.54, 1.807) is 0 Å². The molecule has 0 saturated heterocycles. The Kier molecular flexibility index (Phi) is 9.18. The van der Waals surface area contributed by atoms with E-state index in [0.29, 0.717) is 28.1 Å². The molecule has 0 fully saturated rings. The number of fused-ring (bicyclic) bond motifs is 6. The van der Waals surface area contributed by atoms with E-state index >= 15 is 8.78 Å². The van der Waals surface area contributed by atoms with Crippen LogP contribution in [0, 0.1) is 23.0 Å². The van der Waals surface area contributed by atoms with Gasteiger partial charge in [0, 0.05) is 55.4 Å². The Bertz CT molecular complexity index is 3900. The van der Waals surface area contributed by atoms with Crippen molar-refractivity contribution < 1.29 is 8.78 Å². The predicted octanol–water partition coefficient (Wildman–Crippen LogP) is 15.2. The van der Waals surface area contributed by atoms with Crippen molar-refractivity contribution in [2.24, 2.45) is 0 Å². The van der Waals surface area contributed by atoms with E-state index < -0.39 is 11.6 Å². The highest BCUT2D eigenvalue weighted by Gasteiger charge is 2.25. The Balaban J connectivity index is 1.10. The van der Waals surface area contributed by atoms with Crippen LogP contribution in [-0.4, -0.2) is 19.1 Å². The zero-order valence-corrected chi connectivity index (χ0v) is 35.2. The number of hydrogen-bond donors (Lipinski definition) is 0. The van der Waals surface area contributed by atoms with Crippen LogP contribution in [0.5, 0.6) is 0 Å². The van der Waals surface area contributed by atoms with Crippen molar-refractivity contribution in [1.82, 2.24) is 19.1 Å². The Morgan fingerprint density at radius 3 is 1.35 bits per heavy atom. The molecule has 5 nitrogen and oxygen atoms in total. The first-order valence-electron chi connectivity index (χ1n) is 21.7. The highest BCUT2D eigenvalue weighted by atomic mass is 19.1. The molecule has 4 aromatic heterocycles. The van der Waals surface area contributed by atoms with Gasteiger partial charge in [0.1, 0.15) is 23.3 Å². The van der Waals surface area contributed by atoms with Crippen LogP contribution < -0.4 is 0 Å². The summed E-state index contributed by atoms with van der Waals surface area (Å²) in [5.74, 6) is -1.42. The van der Waals surface area contributed by atoms with Crippen molar-refractivity contribution in [2.75, 3.05) is 0 Å². The van der Waals surface area contributed by atoms with Crippen LogP contribution >= 0.6 is 0 Å². The molecule has 0 unspecified atom stereocenters. The van der Waals surface area contributed by atoms with Crippen molar-refractivity contribution >= 4 is 43.6 Å². The van der Waals surface area contributed by atoms with Gasteiger partial charge in [0.2, 0.25) is 0 Å². The van der Waals surface area contributed by atoms with Gasteiger partial charge in [-0.2, -0.15) is 5.26 Å². The molecule has 0 aliphatic rings. The minimum absolute atomic E-state index is 0.312. The number of hydrogen-bond acceptors (Lipinski definition) is 3. The summed E-state index contributed by atoms with van der Waals surface area (Å²) in [5, 5.41) is 15.4. The third kappa shape index (κ3) is 6.43. The summed E-state index contributed by atoms with van der Waals surface area (Å²) < 4.78 is 34.6. The number of rotatable bonds is 7. The molecule has 0 radical (unpaired) electrons. The molecule has 0 N–H and O–H groups in total. The molecule has 0 aliphatic carbocycles. The Hall–Kier alpha value is -8.99. The highest BCUT2D eigenvalue weighted by Crippen LogP contribution is 2.43. The summed E-state index contributed by atoms with van der Waals surface area (Å²) in [4.78, 5) is 10.1. The van der Waals surface area contributed by atoms with Gasteiger partial charge in [-0.1, -0.05) is 127 Å². The molecule has 12 rings (SSSR count). The SMILES string of the molecule is N#Cc1c(-n2c3ccccc3c3cc(-c4cccc(-c5ccccc5)n4)ccc32)ccc(-c2cc(F)cc(F)c2)c1-n1c2ccccc2c2cc(-c3cccc(-c4ccccc4)n3)ccc21. The third-order valence-electron chi connectivity index (χ3n) is 12.5. The molecule has 0 saturated carbocycles. The molecule has 4 heterocycles. The number of halogens is 2. The maximum atomic E-state index is 15.2. The van der Waals surface area contributed by atoms with Gasteiger partial charge < -0.3 is 9.13 Å². The fourth-order valence-electron chi connectivity index (χ4n) is 9.55. The van der Waals surface area contributed by atoms with Crippen LogP contribution in [0.2, 0.25) is 0 Å². The van der Waals surface area contributed by atoms with Gasteiger partial charge in [-0.05, 0) is 84.4 Å². The lowest BCUT2D eigenvalue weighted by molar-refractivity contribution is 0.584. The molecule has 12 aromatic rings. The Morgan fingerprint density at radius 2 is 0.818 bits per heavy atom. The standard InChI is InChI=1S/C59H35F2N5/c60-42-31-41(32-43(61)35-42)44-27-30-58(65-54-23-9-7-17-45(54)47-33-39(25-28-56(47)65)52-21-11-19-50(63-52)37-13-3-1-4-14-37)49(36-62)59(44)66-55-24-10-8-18-46(55)48-34-40(26-29-57(48)66)53-22-12-20-51(64-53)38-15-5-2-6-16-38/h1-35H. The Labute approximate surface area is 378 Å². The molecular formula is C59H35F2N5. The van der Waals surface area contributed by atoms with E-state index in [-0.39, 0.29) is 0 Å². The zero-order chi connectivity index (χ0) is 44.3. The van der Waals surface area contributed by atoms with E-state index in [0.717, 1.165) is 94.7 Å². The second-order valence-corrected chi connectivity index (χ2v) is 16.3. The van der Waals surface area contributed by atoms with E-state index in [1.807, 2.05) is 140 Å². The molecule has 66 heavy (non-hydrogen) atoms. The predicted molar refractivity (Wildman–Crippen MR) is 263 cm³/mol. The lowest BCUT2D eigenvalue weighted by atomic mass is 9.97. The number of pyridine rings is 2. The van der Waals surface area contributed by atoms with E-state index in [1.165, 1.54) is 12.1 Å². The molecule has 0 aliphatic heterocycles. The minimum atomic E-state index is -0.711. The van der Waals surface area contributed by atoms with Crippen molar-refractivity contribution in [2.45, 2.75) is 0 Å².